The molecule has 0 spiro atoms. The molecular formula is C19H28N2O4S. The number of Topliss-reactive ketones (excluding diaryl/α,β-unsaturated/α-hetero) is 1. The minimum Gasteiger partial charge on any atom is -0.353 e. The van der Waals surface area contributed by atoms with Crippen molar-refractivity contribution in [1.82, 2.24) is 9.62 Å². The molecule has 1 amide bonds. The fraction of sp³-hybridized carbons (Fsp3) is 0.579. The van der Waals surface area contributed by atoms with Crippen molar-refractivity contribution in [3.05, 3.63) is 29.8 Å². The summed E-state index contributed by atoms with van der Waals surface area (Å²) in [6.07, 6.45) is 1.00. The van der Waals surface area contributed by atoms with Crippen molar-refractivity contribution in [2.45, 2.75) is 51.5 Å². The zero-order chi connectivity index (χ0) is 19.5. The molecular weight excluding hydrogens is 352 g/mol. The molecule has 0 aromatic heterocycles. The maximum Gasteiger partial charge on any atom is 0.243 e. The quantitative estimate of drug-likeness (QED) is 0.769. The van der Waals surface area contributed by atoms with Gasteiger partial charge >= 0.3 is 0 Å². The van der Waals surface area contributed by atoms with Crippen LogP contribution in [0, 0.1) is 11.8 Å². The first-order valence-electron chi connectivity index (χ1n) is 9.04. The highest BCUT2D eigenvalue weighted by Gasteiger charge is 2.32. The SMILES string of the molecule is CC(=O)c1cccc(S(=O)(=O)N2CCC(C(=O)NC(C)C(C)C)CC2)c1. The summed E-state index contributed by atoms with van der Waals surface area (Å²) in [4.78, 5) is 24.0. The molecule has 1 unspecified atom stereocenters. The van der Waals surface area contributed by atoms with Crippen molar-refractivity contribution in [1.29, 1.82) is 0 Å². The van der Waals surface area contributed by atoms with Gasteiger partial charge in [-0.2, -0.15) is 4.31 Å². The first kappa shape index (κ1) is 20.6. The summed E-state index contributed by atoms with van der Waals surface area (Å²) in [5.74, 6) is 0.0256. The van der Waals surface area contributed by atoms with Crippen LogP contribution in [0.25, 0.3) is 0 Å². The van der Waals surface area contributed by atoms with E-state index in [1.165, 1.54) is 23.4 Å². The fourth-order valence-electron chi connectivity index (χ4n) is 2.89. The van der Waals surface area contributed by atoms with Crippen LogP contribution in [0.4, 0.5) is 0 Å². The van der Waals surface area contributed by atoms with Crippen LogP contribution in [-0.2, 0) is 14.8 Å². The van der Waals surface area contributed by atoms with E-state index in [1.807, 2.05) is 6.92 Å². The Morgan fingerprint density at radius 3 is 2.31 bits per heavy atom. The number of piperidine rings is 1. The minimum atomic E-state index is -3.65. The van der Waals surface area contributed by atoms with E-state index in [-0.39, 0.29) is 28.5 Å². The lowest BCUT2D eigenvalue weighted by Gasteiger charge is -2.31. The van der Waals surface area contributed by atoms with E-state index in [2.05, 4.69) is 19.2 Å². The average Bonchev–Trinajstić information content (AvgIpc) is 2.61. The molecule has 7 heteroatoms. The number of sulfonamides is 1. The maximum atomic E-state index is 12.8. The van der Waals surface area contributed by atoms with E-state index in [9.17, 15) is 18.0 Å². The van der Waals surface area contributed by atoms with Crippen LogP contribution in [0.15, 0.2) is 29.2 Å². The second-order valence-corrected chi connectivity index (χ2v) is 9.24. The Hall–Kier alpha value is -1.73. The van der Waals surface area contributed by atoms with E-state index < -0.39 is 10.0 Å². The molecule has 1 saturated heterocycles. The van der Waals surface area contributed by atoms with E-state index in [0.29, 0.717) is 37.4 Å². The van der Waals surface area contributed by atoms with Gasteiger partial charge in [-0.15, -0.1) is 0 Å². The zero-order valence-corrected chi connectivity index (χ0v) is 16.7. The molecule has 0 radical (unpaired) electrons. The fourth-order valence-corrected chi connectivity index (χ4v) is 4.41. The van der Waals surface area contributed by atoms with Gasteiger partial charge in [-0.05, 0) is 44.7 Å². The second-order valence-electron chi connectivity index (χ2n) is 7.30. The van der Waals surface area contributed by atoms with Gasteiger partial charge in [0.1, 0.15) is 0 Å². The molecule has 1 aromatic carbocycles. The van der Waals surface area contributed by atoms with Crippen LogP contribution < -0.4 is 5.32 Å². The molecule has 1 N–H and O–H groups in total. The number of nitrogens with one attached hydrogen (secondary N) is 1. The number of carbonyl (C=O) groups excluding carboxylic acids is 2. The molecule has 1 fully saturated rings. The molecule has 0 bridgehead atoms. The number of carbonyl (C=O) groups is 2. The van der Waals surface area contributed by atoms with Crippen molar-refractivity contribution in [2.75, 3.05) is 13.1 Å². The maximum absolute atomic E-state index is 12.8. The molecule has 1 aromatic rings. The van der Waals surface area contributed by atoms with Crippen LogP contribution in [-0.4, -0.2) is 43.5 Å². The third-order valence-electron chi connectivity index (χ3n) is 5.07. The highest BCUT2D eigenvalue weighted by atomic mass is 32.2. The smallest absolute Gasteiger partial charge is 0.243 e. The Labute approximate surface area is 156 Å². The van der Waals surface area contributed by atoms with Crippen molar-refractivity contribution in [2.24, 2.45) is 11.8 Å². The summed E-state index contributed by atoms with van der Waals surface area (Å²) in [6, 6.07) is 6.20. The van der Waals surface area contributed by atoms with Crippen molar-refractivity contribution >= 4 is 21.7 Å². The van der Waals surface area contributed by atoms with Gasteiger partial charge < -0.3 is 5.32 Å². The number of ketones is 1. The van der Waals surface area contributed by atoms with Crippen LogP contribution in [0.3, 0.4) is 0 Å². The number of hydrogen-bond donors (Lipinski definition) is 1. The lowest BCUT2D eigenvalue weighted by Crippen LogP contribution is -2.45. The second kappa shape index (κ2) is 8.31. The van der Waals surface area contributed by atoms with E-state index >= 15 is 0 Å². The van der Waals surface area contributed by atoms with Crippen LogP contribution in [0.2, 0.25) is 0 Å². The molecule has 2 rings (SSSR count). The van der Waals surface area contributed by atoms with Crippen LogP contribution in [0.1, 0.15) is 50.9 Å². The average molecular weight is 381 g/mol. The summed E-state index contributed by atoms with van der Waals surface area (Å²) < 4.78 is 27.0. The largest absolute Gasteiger partial charge is 0.353 e. The summed E-state index contributed by atoms with van der Waals surface area (Å²) >= 11 is 0. The highest BCUT2D eigenvalue weighted by molar-refractivity contribution is 7.89. The third kappa shape index (κ3) is 4.71. The number of hydrogen-bond acceptors (Lipinski definition) is 4. The number of amides is 1. The van der Waals surface area contributed by atoms with Gasteiger partial charge in [-0.3, -0.25) is 9.59 Å². The molecule has 26 heavy (non-hydrogen) atoms. The number of rotatable bonds is 6. The molecule has 1 atom stereocenters. The lowest BCUT2D eigenvalue weighted by molar-refractivity contribution is -0.127. The Bertz CT molecular complexity index is 765. The van der Waals surface area contributed by atoms with E-state index in [0.717, 1.165) is 0 Å². The monoisotopic (exact) mass is 380 g/mol. The van der Waals surface area contributed by atoms with E-state index in [4.69, 9.17) is 0 Å². The Morgan fingerprint density at radius 1 is 1.15 bits per heavy atom. The normalized spacial score (nSPS) is 17.9. The van der Waals surface area contributed by atoms with Gasteiger partial charge in [0, 0.05) is 30.6 Å². The summed E-state index contributed by atoms with van der Waals surface area (Å²) in [7, 11) is -3.65. The van der Waals surface area contributed by atoms with E-state index in [1.54, 1.807) is 12.1 Å². The van der Waals surface area contributed by atoms with Crippen LogP contribution >= 0.6 is 0 Å². The first-order valence-corrected chi connectivity index (χ1v) is 10.5. The van der Waals surface area contributed by atoms with Crippen LogP contribution in [0.5, 0.6) is 0 Å². The van der Waals surface area contributed by atoms with Crippen molar-refractivity contribution < 1.29 is 18.0 Å². The Kier molecular flexibility index (Phi) is 6.58. The van der Waals surface area contributed by atoms with Gasteiger partial charge in [-0.1, -0.05) is 26.0 Å². The molecule has 144 valence electrons. The summed E-state index contributed by atoms with van der Waals surface area (Å²) in [5.41, 5.74) is 0.378. The van der Waals surface area contributed by atoms with Gasteiger partial charge in [-0.25, -0.2) is 8.42 Å². The highest BCUT2D eigenvalue weighted by Crippen LogP contribution is 2.25. The molecule has 0 aliphatic carbocycles. The Balaban J connectivity index is 2.03. The standard InChI is InChI=1S/C19H28N2O4S/c1-13(2)14(3)20-19(23)16-8-10-21(11-9-16)26(24,25)18-7-5-6-17(12-18)15(4)22/h5-7,12-14,16H,8-11H2,1-4H3,(H,20,23). The first-order chi connectivity index (χ1) is 12.1. The zero-order valence-electron chi connectivity index (χ0n) is 15.9. The predicted molar refractivity (Wildman–Crippen MR) is 100 cm³/mol. The lowest BCUT2D eigenvalue weighted by atomic mass is 9.96. The van der Waals surface area contributed by atoms with Gasteiger partial charge in [0.2, 0.25) is 15.9 Å². The van der Waals surface area contributed by atoms with Crippen molar-refractivity contribution in [3.8, 4) is 0 Å². The molecule has 1 heterocycles. The topological polar surface area (TPSA) is 83.6 Å². The number of nitrogens with zero attached hydrogens (tertiary/aromatic N) is 1. The van der Waals surface area contributed by atoms with Gasteiger partial charge in [0.25, 0.3) is 0 Å². The van der Waals surface area contributed by atoms with Gasteiger partial charge in [0.05, 0.1) is 4.90 Å². The predicted octanol–water partition coefficient (Wildman–Crippen LogP) is 2.45. The molecule has 1 aliphatic rings. The third-order valence-corrected chi connectivity index (χ3v) is 6.97. The Morgan fingerprint density at radius 2 is 1.77 bits per heavy atom. The summed E-state index contributed by atoms with van der Waals surface area (Å²) in [5, 5.41) is 3.01. The van der Waals surface area contributed by atoms with Crippen molar-refractivity contribution in [3.63, 3.8) is 0 Å². The van der Waals surface area contributed by atoms with Gasteiger partial charge in [0.15, 0.2) is 5.78 Å². The molecule has 1 aliphatic heterocycles. The minimum absolute atomic E-state index is 0.00169. The number of benzene rings is 1. The summed E-state index contributed by atoms with van der Waals surface area (Å²) in [6.45, 7) is 8.10. The molecule has 0 saturated carbocycles. The molecule has 6 nitrogen and oxygen atoms in total.